The van der Waals surface area contributed by atoms with E-state index in [1.165, 1.54) is 0 Å². The van der Waals surface area contributed by atoms with Crippen molar-refractivity contribution in [1.82, 2.24) is 19.9 Å². The number of fused-ring (bicyclic) bond motifs is 4. The minimum Gasteiger partial charge on any atom is -0.321 e. The molecule has 43 heavy (non-hydrogen) atoms. The third kappa shape index (κ3) is 4.29. The molecule has 7 heteroatoms. The number of benzene rings is 4. The van der Waals surface area contributed by atoms with E-state index in [1.807, 2.05) is 121 Å². The summed E-state index contributed by atoms with van der Waals surface area (Å²) >= 11 is 1.16. The third-order valence-electron chi connectivity index (χ3n) is 7.67. The molecule has 0 aliphatic rings. The van der Waals surface area contributed by atoms with Crippen LogP contribution in [0.2, 0.25) is 0 Å². The number of aromatic nitrogens is 4. The van der Waals surface area contributed by atoms with Crippen molar-refractivity contribution in [3.63, 3.8) is 0 Å². The zero-order valence-corrected chi connectivity index (χ0v) is 23.5. The van der Waals surface area contributed by atoms with Gasteiger partial charge in [-0.2, -0.15) is 0 Å². The molecule has 0 fully saturated rings. The molecular formula is C36H22N4O2S. The van der Waals surface area contributed by atoms with Crippen LogP contribution in [-0.2, 0) is 0 Å². The first-order valence-corrected chi connectivity index (χ1v) is 14.7. The Bertz CT molecular complexity index is 2330. The van der Waals surface area contributed by atoms with E-state index in [1.54, 1.807) is 0 Å². The van der Waals surface area contributed by atoms with Gasteiger partial charge in [-0.15, -0.1) is 0 Å². The summed E-state index contributed by atoms with van der Waals surface area (Å²) in [5.74, 6) is 0. The predicted molar refractivity (Wildman–Crippen MR) is 175 cm³/mol. The van der Waals surface area contributed by atoms with Crippen LogP contribution in [0, 0.1) is 0 Å². The van der Waals surface area contributed by atoms with Crippen molar-refractivity contribution in [2.24, 2.45) is 0 Å². The van der Waals surface area contributed by atoms with E-state index >= 15 is 0 Å². The fourth-order valence-electron chi connectivity index (χ4n) is 5.67. The zero-order valence-electron chi connectivity index (χ0n) is 22.7. The smallest absolute Gasteiger partial charge is 0.263 e. The quantitative estimate of drug-likeness (QED) is 0.223. The maximum Gasteiger partial charge on any atom is 0.263 e. The summed E-state index contributed by atoms with van der Waals surface area (Å²) in [4.78, 5) is 44.5. The van der Waals surface area contributed by atoms with Gasteiger partial charge >= 0.3 is 0 Å². The van der Waals surface area contributed by atoms with Gasteiger partial charge in [-0.05, 0) is 36.4 Å². The summed E-state index contributed by atoms with van der Waals surface area (Å²) < 4.78 is 0. The molecule has 0 saturated carbocycles. The van der Waals surface area contributed by atoms with Gasteiger partial charge in [0.15, 0.2) is 0 Å². The van der Waals surface area contributed by atoms with E-state index < -0.39 is 0 Å². The van der Waals surface area contributed by atoms with Crippen molar-refractivity contribution >= 4 is 55.4 Å². The molecule has 4 aromatic carbocycles. The topological polar surface area (TPSA) is 91.5 Å². The first kappa shape index (κ1) is 25.2. The lowest BCUT2D eigenvalue weighted by atomic mass is 10.0. The highest BCUT2D eigenvalue weighted by atomic mass is 32.2. The van der Waals surface area contributed by atoms with Gasteiger partial charge in [0, 0.05) is 43.7 Å². The van der Waals surface area contributed by atoms with Gasteiger partial charge in [0.1, 0.15) is 0 Å². The van der Waals surface area contributed by atoms with Crippen LogP contribution in [0.3, 0.4) is 0 Å². The van der Waals surface area contributed by atoms with Gasteiger partial charge in [-0.25, -0.2) is 9.97 Å². The number of nitrogens with zero attached hydrogens (tertiary/aromatic N) is 2. The van der Waals surface area contributed by atoms with Crippen molar-refractivity contribution in [3.05, 3.63) is 142 Å². The minimum atomic E-state index is -0.293. The zero-order chi connectivity index (χ0) is 28.9. The van der Waals surface area contributed by atoms with Crippen LogP contribution in [0.5, 0.6) is 0 Å². The molecule has 8 aromatic rings. The van der Waals surface area contributed by atoms with Crippen LogP contribution in [-0.4, -0.2) is 19.9 Å². The Morgan fingerprint density at radius 2 is 0.884 bits per heavy atom. The second-order valence-corrected chi connectivity index (χ2v) is 11.3. The number of pyridine rings is 4. The van der Waals surface area contributed by atoms with Gasteiger partial charge in [0.2, 0.25) is 0 Å². The average molecular weight is 575 g/mol. The van der Waals surface area contributed by atoms with Crippen LogP contribution >= 0.6 is 11.8 Å². The first-order chi connectivity index (χ1) is 21.1. The van der Waals surface area contributed by atoms with Crippen molar-refractivity contribution in [3.8, 4) is 22.5 Å². The molecule has 0 saturated heterocycles. The number of rotatable bonds is 4. The SMILES string of the molecule is O=c1[nH]c2ccccc2c(-c2ccc3ccccc3n2)c1Sc1c(-c2ccc3ccccc3n2)c2ccccc2[nH]c1=O. The highest BCUT2D eigenvalue weighted by Crippen LogP contribution is 2.41. The molecule has 0 unspecified atom stereocenters. The highest BCUT2D eigenvalue weighted by molar-refractivity contribution is 7.99. The molecule has 0 amide bonds. The monoisotopic (exact) mass is 574 g/mol. The number of hydrogen-bond acceptors (Lipinski definition) is 5. The Morgan fingerprint density at radius 3 is 1.37 bits per heavy atom. The summed E-state index contributed by atoms with van der Waals surface area (Å²) in [6.45, 7) is 0. The molecule has 2 N–H and O–H groups in total. The largest absolute Gasteiger partial charge is 0.321 e. The van der Waals surface area contributed by atoms with Gasteiger partial charge in [-0.1, -0.05) is 96.7 Å². The Labute approximate surface area is 249 Å². The van der Waals surface area contributed by atoms with E-state index in [2.05, 4.69) is 9.97 Å². The second kappa shape index (κ2) is 10.1. The molecular weight excluding hydrogens is 552 g/mol. The number of nitrogens with one attached hydrogen (secondary N) is 2. The molecule has 6 nitrogen and oxygen atoms in total. The van der Waals surface area contributed by atoms with E-state index in [9.17, 15) is 9.59 Å². The molecule has 0 aliphatic heterocycles. The molecule has 0 radical (unpaired) electrons. The number of para-hydroxylation sites is 4. The summed E-state index contributed by atoms with van der Waals surface area (Å²) in [6.07, 6.45) is 0. The van der Waals surface area contributed by atoms with Crippen molar-refractivity contribution in [2.75, 3.05) is 0 Å². The van der Waals surface area contributed by atoms with Crippen molar-refractivity contribution in [2.45, 2.75) is 9.79 Å². The minimum absolute atomic E-state index is 0.293. The summed E-state index contributed by atoms with van der Waals surface area (Å²) in [5.41, 5.74) is 5.14. The van der Waals surface area contributed by atoms with Crippen LogP contribution < -0.4 is 11.1 Å². The molecule has 0 bridgehead atoms. The molecule has 0 atom stereocenters. The normalized spacial score (nSPS) is 11.5. The summed E-state index contributed by atoms with van der Waals surface area (Å²) in [7, 11) is 0. The molecule has 0 spiro atoms. The van der Waals surface area contributed by atoms with Crippen molar-refractivity contribution in [1.29, 1.82) is 0 Å². The van der Waals surface area contributed by atoms with E-state index in [0.717, 1.165) is 44.3 Å². The van der Waals surface area contributed by atoms with Crippen LogP contribution in [0.4, 0.5) is 0 Å². The molecule has 4 aromatic heterocycles. The molecule has 0 aliphatic carbocycles. The second-order valence-electron chi connectivity index (χ2n) is 10.3. The predicted octanol–water partition coefficient (Wildman–Crippen LogP) is 7.95. The van der Waals surface area contributed by atoms with Gasteiger partial charge in [-0.3, -0.25) is 9.59 Å². The fourth-order valence-corrected chi connectivity index (χ4v) is 6.79. The molecule has 204 valence electrons. The highest BCUT2D eigenvalue weighted by Gasteiger charge is 2.23. The van der Waals surface area contributed by atoms with Crippen molar-refractivity contribution < 1.29 is 0 Å². The summed E-state index contributed by atoms with van der Waals surface area (Å²) in [6, 6.07) is 39.0. The molecule has 8 rings (SSSR count). The Morgan fingerprint density at radius 1 is 0.465 bits per heavy atom. The standard InChI is InChI=1S/C36H22N4O2S/c41-35-33(31(23-11-3-7-15-27(23)39-35)29-19-17-21-9-1-5-13-25(21)37-29)43-34-32(24-12-4-8-16-28(24)40-36(34)42)30-20-18-22-10-2-6-14-26(22)38-30/h1-20H,(H,39,41)(H,40,42). The lowest BCUT2D eigenvalue weighted by Gasteiger charge is -2.15. The first-order valence-electron chi connectivity index (χ1n) is 13.8. The lowest BCUT2D eigenvalue weighted by Crippen LogP contribution is -2.15. The van der Waals surface area contributed by atoms with Crippen LogP contribution in [0.25, 0.3) is 66.1 Å². The fraction of sp³-hybridized carbons (Fsp3) is 0. The average Bonchev–Trinajstić information content (AvgIpc) is 3.05. The maximum absolute atomic E-state index is 13.9. The third-order valence-corrected chi connectivity index (χ3v) is 8.86. The Balaban J connectivity index is 1.42. The van der Waals surface area contributed by atoms with E-state index in [4.69, 9.17) is 9.97 Å². The van der Waals surface area contributed by atoms with Gasteiger partial charge < -0.3 is 9.97 Å². The van der Waals surface area contributed by atoms with E-state index in [-0.39, 0.29) is 11.1 Å². The summed E-state index contributed by atoms with van der Waals surface area (Å²) in [5, 5.41) is 3.69. The Hall–Kier alpha value is -5.53. The van der Waals surface area contributed by atoms with Gasteiger partial charge in [0.25, 0.3) is 11.1 Å². The maximum atomic E-state index is 13.9. The number of hydrogen-bond donors (Lipinski definition) is 2. The molecule has 4 heterocycles. The number of aromatic amines is 2. The van der Waals surface area contributed by atoms with Crippen LogP contribution in [0.15, 0.2) is 141 Å². The van der Waals surface area contributed by atoms with Crippen LogP contribution in [0.1, 0.15) is 0 Å². The lowest BCUT2D eigenvalue weighted by molar-refractivity contribution is 1.16. The van der Waals surface area contributed by atoms with E-state index in [0.29, 0.717) is 43.3 Å². The van der Waals surface area contributed by atoms with Gasteiger partial charge in [0.05, 0.1) is 32.2 Å². The number of H-pyrrole nitrogens is 2. The Kier molecular flexibility index (Phi) is 5.91.